The maximum absolute atomic E-state index is 14.6. The lowest BCUT2D eigenvalue weighted by atomic mass is 9.83. The molecule has 2 aromatic heterocycles. The van der Waals surface area contributed by atoms with Crippen molar-refractivity contribution in [1.29, 1.82) is 0 Å². The van der Waals surface area contributed by atoms with Crippen LogP contribution in [0.5, 0.6) is 0 Å². The van der Waals surface area contributed by atoms with E-state index in [0.29, 0.717) is 41.4 Å². The van der Waals surface area contributed by atoms with Crippen LogP contribution < -0.4 is 11.5 Å². The summed E-state index contributed by atoms with van der Waals surface area (Å²) in [5.41, 5.74) is 15.0. The summed E-state index contributed by atoms with van der Waals surface area (Å²) in [6, 6.07) is 6.65. The summed E-state index contributed by atoms with van der Waals surface area (Å²) >= 11 is 0. The van der Waals surface area contributed by atoms with Gasteiger partial charge < -0.3 is 20.9 Å². The van der Waals surface area contributed by atoms with Gasteiger partial charge >= 0.3 is 0 Å². The second-order valence-electron chi connectivity index (χ2n) is 7.51. The summed E-state index contributed by atoms with van der Waals surface area (Å²) in [4.78, 5) is 4.12. The molecule has 1 aromatic carbocycles. The highest BCUT2D eigenvalue weighted by Gasteiger charge is 2.41. The fourth-order valence-corrected chi connectivity index (χ4v) is 4.48. The molecule has 1 saturated carbocycles. The molecule has 0 radical (unpaired) electrons. The summed E-state index contributed by atoms with van der Waals surface area (Å²) in [6.45, 7) is 1.31. The van der Waals surface area contributed by atoms with Gasteiger partial charge in [0.15, 0.2) is 11.6 Å². The molecule has 0 bridgehead atoms. The lowest BCUT2D eigenvalue weighted by molar-refractivity contribution is -0.179. The fourth-order valence-electron chi connectivity index (χ4n) is 4.48. The van der Waals surface area contributed by atoms with Gasteiger partial charge in [-0.25, -0.2) is 13.9 Å². The number of fused-ring (bicyclic) bond motifs is 1. The SMILES string of the molecule is Nc1ccc(-c2cc(C3CCC4(CC3)OCCO4)n3ncnc(N)c23)c(F)c1. The number of hydrogen-bond acceptors (Lipinski definition) is 6. The van der Waals surface area contributed by atoms with E-state index in [4.69, 9.17) is 20.9 Å². The molecule has 2 fully saturated rings. The number of benzene rings is 1. The molecule has 1 saturated heterocycles. The number of hydrogen-bond donors (Lipinski definition) is 2. The molecule has 7 nitrogen and oxygen atoms in total. The Labute approximate surface area is 161 Å². The van der Waals surface area contributed by atoms with Crippen molar-refractivity contribution in [3.05, 3.63) is 42.1 Å². The van der Waals surface area contributed by atoms with Crippen molar-refractivity contribution in [2.45, 2.75) is 37.4 Å². The first kappa shape index (κ1) is 17.4. The second kappa shape index (κ2) is 6.42. The van der Waals surface area contributed by atoms with Crippen molar-refractivity contribution in [2.75, 3.05) is 24.7 Å². The molecule has 3 heterocycles. The van der Waals surface area contributed by atoms with E-state index in [9.17, 15) is 4.39 Å². The minimum atomic E-state index is -0.427. The Morgan fingerprint density at radius 2 is 1.82 bits per heavy atom. The van der Waals surface area contributed by atoms with E-state index in [1.165, 1.54) is 12.4 Å². The zero-order chi connectivity index (χ0) is 19.3. The predicted molar refractivity (Wildman–Crippen MR) is 103 cm³/mol. The molecule has 5 rings (SSSR count). The molecule has 28 heavy (non-hydrogen) atoms. The van der Waals surface area contributed by atoms with Gasteiger partial charge in [-0.2, -0.15) is 5.10 Å². The monoisotopic (exact) mass is 383 g/mol. The minimum absolute atomic E-state index is 0.255. The highest BCUT2D eigenvalue weighted by atomic mass is 19.1. The van der Waals surface area contributed by atoms with Gasteiger partial charge in [0.1, 0.15) is 17.7 Å². The van der Waals surface area contributed by atoms with Crippen molar-refractivity contribution < 1.29 is 13.9 Å². The average Bonchev–Trinajstić information content (AvgIpc) is 3.29. The van der Waals surface area contributed by atoms with Gasteiger partial charge in [-0.1, -0.05) is 0 Å². The van der Waals surface area contributed by atoms with Gasteiger partial charge in [-0.05, 0) is 37.1 Å². The quantitative estimate of drug-likeness (QED) is 0.660. The first-order valence-electron chi connectivity index (χ1n) is 9.52. The Morgan fingerprint density at radius 3 is 2.54 bits per heavy atom. The summed E-state index contributed by atoms with van der Waals surface area (Å²) < 4.78 is 28.1. The van der Waals surface area contributed by atoms with Crippen LogP contribution in [-0.4, -0.2) is 33.6 Å². The third-order valence-electron chi connectivity index (χ3n) is 5.87. The maximum Gasteiger partial charge on any atom is 0.168 e. The van der Waals surface area contributed by atoms with Crippen LogP contribution in [0.2, 0.25) is 0 Å². The van der Waals surface area contributed by atoms with Crippen LogP contribution in [0.4, 0.5) is 15.9 Å². The zero-order valence-corrected chi connectivity index (χ0v) is 15.4. The number of aromatic nitrogens is 3. The van der Waals surface area contributed by atoms with Gasteiger partial charge in [0.2, 0.25) is 0 Å². The van der Waals surface area contributed by atoms with Crippen molar-refractivity contribution in [3.8, 4) is 11.1 Å². The van der Waals surface area contributed by atoms with Crippen LogP contribution in [0.1, 0.15) is 37.3 Å². The van der Waals surface area contributed by atoms with Crippen LogP contribution in [0, 0.1) is 5.82 Å². The predicted octanol–water partition coefficient (Wildman–Crippen LogP) is 3.10. The fraction of sp³-hybridized carbons (Fsp3) is 0.400. The lowest BCUT2D eigenvalue weighted by Gasteiger charge is -2.35. The van der Waals surface area contributed by atoms with Gasteiger partial charge in [0.05, 0.1) is 13.2 Å². The molecule has 2 aliphatic rings. The number of anilines is 2. The highest BCUT2D eigenvalue weighted by molar-refractivity contribution is 5.89. The molecule has 1 aliphatic carbocycles. The molecule has 0 atom stereocenters. The molecule has 1 spiro atoms. The standard InChI is InChI=1S/C20H22FN5O2/c21-16-9-13(22)1-2-14(16)15-10-17(26-18(15)19(23)24-11-25-26)12-3-5-20(6-4-12)27-7-8-28-20/h1-2,9-12H,3-8,22H2,(H2,23,24,25). The molecule has 1 aliphatic heterocycles. The van der Waals surface area contributed by atoms with E-state index in [1.807, 2.05) is 6.07 Å². The largest absolute Gasteiger partial charge is 0.399 e. The third-order valence-corrected chi connectivity index (χ3v) is 5.87. The van der Waals surface area contributed by atoms with Crippen molar-refractivity contribution in [3.63, 3.8) is 0 Å². The van der Waals surface area contributed by atoms with E-state index in [0.717, 1.165) is 31.4 Å². The smallest absolute Gasteiger partial charge is 0.168 e. The Hall–Kier alpha value is -2.71. The molecule has 3 aromatic rings. The summed E-state index contributed by atoms with van der Waals surface area (Å²) in [7, 11) is 0. The second-order valence-corrected chi connectivity index (χ2v) is 7.51. The van der Waals surface area contributed by atoms with Crippen LogP contribution in [-0.2, 0) is 9.47 Å². The Bertz CT molecular complexity index is 1030. The van der Waals surface area contributed by atoms with Crippen LogP contribution >= 0.6 is 0 Å². The summed E-state index contributed by atoms with van der Waals surface area (Å²) in [5, 5.41) is 4.42. The maximum atomic E-state index is 14.6. The molecule has 0 unspecified atom stereocenters. The van der Waals surface area contributed by atoms with E-state index in [2.05, 4.69) is 10.1 Å². The number of nitrogens with two attached hydrogens (primary N) is 2. The number of nitrogen functional groups attached to an aromatic ring is 2. The Morgan fingerprint density at radius 1 is 1.07 bits per heavy atom. The number of nitrogens with zero attached hydrogens (tertiary/aromatic N) is 3. The first-order chi connectivity index (χ1) is 13.6. The summed E-state index contributed by atoms with van der Waals surface area (Å²) in [5.74, 6) is -0.241. The van der Waals surface area contributed by atoms with Crippen molar-refractivity contribution in [2.24, 2.45) is 0 Å². The Balaban J connectivity index is 1.58. The molecular formula is C20H22FN5O2. The Kier molecular flexibility index (Phi) is 3.99. The van der Waals surface area contributed by atoms with E-state index >= 15 is 0 Å². The normalized spacial score (nSPS) is 19.6. The molecule has 146 valence electrons. The highest BCUT2D eigenvalue weighted by Crippen LogP contribution is 2.44. The van der Waals surface area contributed by atoms with Crippen LogP contribution in [0.25, 0.3) is 16.6 Å². The zero-order valence-electron chi connectivity index (χ0n) is 15.4. The van der Waals surface area contributed by atoms with Crippen LogP contribution in [0.3, 0.4) is 0 Å². The van der Waals surface area contributed by atoms with Gasteiger partial charge in [0.25, 0.3) is 0 Å². The summed E-state index contributed by atoms with van der Waals surface area (Å²) in [6.07, 6.45) is 4.90. The third kappa shape index (κ3) is 2.71. The van der Waals surface area contributed by atoms with E-state index < -0.39 is 11.6 Å². The topological polar surface area (TPSA) is 101 Å². The number of ether oxygens (including phenoxy) is 2. The first-order valence-corrected chi connectivity index (χ1v) is 9.52. The molecule has 8 heteroatoms. The van der Waals surface area contributed by atoms with Gasteiger partial charge in [-0.3, -0.25) is 0 Å². The lowest BCUT2D eigenvalue weighted by Crippen LogP contribution is -2.34. The van der Waals surface area contributed by atoms with Crippen LogP contribution in [0.15, 0.2) is 30.6 Å². The molecule has 0 amide bonds. The number of rotatable bonds is 2. The van der Waals surface area contributed by atoms with Gasteiger partial charge in [-0.15, -0.1) is 0 Å². The van der Waals surface area contributed by atoms with Crippen molar-refractivity contribution in [1.82, 2.24) is 14.6 Å². The van der Waals surface area contributed by atoms with E-state index in [-0.39, 0.29) is 5.92 Å². The van der Waals surface area contributed by atoms with Crippen molar-refractivity contribution >= 4 is 17.0 Å². The molecular weight excluding hydrogens is 361 g/mol. The number of halogens is 1. The molecule has 4 N–H and O–H groups in total. The minimum Gasteiger partial charge on any atom is -0.399 e. The van der Waals surface area contributed by atoms with E-state index in [1.54, 1.807) is 16.6 Å². The van der Waals surface area contributed by atoms with Gasteiger partial charge in [0, 0.05) is 41.3 Å². The average molecular weight is 383 g/mol.